The summed E-state index contributed by atoms with van der Waals surface area (Å²) in [5.41, 5.74) is -0.0768. The van der Waals surface area contributed by atoms with Crippen molar-refractivity contribution in [1.29, 1.82) is 0 Å². The van der Waals surface area contributed by atoms with Crippen molar-refractivity contribution in [3.8, 4) is 0 Å². The van der Waals surface area contributed by atoms with Gasteiger partial charge in [-0.1, -0.05) is 49.2 Å². The average molecular weight is 357 g/mol. The lowest BCUT2D eigenvalue weighted by Crippen LogP contribution is -2.29. The third kappa shape index (κ3) is 4.09. The van der Waals surface area contributed by atoms with Gasteiger partial charge in [0, 0.05) is 24.4 Å². The van der Waals surface area contributed by atoms with E-state index in [2.05, 4.69) is 16.9 Å². The van der Waals surface area contributed by atoms with Gasteiger partial charge in [-0.3, -0.25) is 14.3 Å². The van der Waals surface area contributed by atoms with Crippen LogP contribution in [0.3, 0.4) is 0 Å². The monoisotopic (exact) mass is 356 g/mol. The van der Waals surface area contributed by atoms with Gasteiger partial charge in [0.25, 0.3) is 5.56 Å². The number of thioether (sulfide) groups is 1. The SMILES string of the molecule is CCCCCSc1nc2c(c(=O)[nH]c(=O)n2C)n1C/C=C(\C)Cl. The van der Waals surface area contributed by atoms with Crippen molar-refractivity contribution in [2.24, 2.45) is 7.05 Å². The summed E-state index contributed by atoms with van der Waals surface area (Å²) < 4.78 is 3.18. The predicted octanol–water partition coefficient (Wildman–Crippen LogP) is 2.85. The van der Waals surface area contributed by atoms with Gasteiger partial charge in [-0.05, 0) is 13.3 Å². The van der Waals surface area contributed by atoms with Crippen LogP contribution in [0.2, 0.25) is 0 Å². The Bertz CT molecular complexity index is 830. The molecule has 2 aromatic rings. The number of aromatic nitrogens is 4. The summed E-state index contributed by atoms with van der Waals surface area (Å²) in [7, 11) is 1.60. The van der Waals surface area contributed by atoms with Crippen molar-refractivity contribution in [1.82, 2.24) is 19.1 Å². The highest BCUT2D eigenvalue weighted by Gasteiger charge is 2.16. The molecule has 1 N–H and O–H groups in total. The number of aryl methyl sites for hydroxylation is 1. The van der Waals surface area contributed by atoms with Crippen LogP contribution in [0.15, 0.2) is 25.9 Å². The van der Waals surface area contributed by atoms with Crippen LogP contribution in [0, 0.1) is 0 Å². The lowest BCUT2D eigenvalue weighted by atomic mass is 10.3. The highest BCUT2D eigenvalue weighted by Crippen LogP contribution is 2.23. The second-order valence-corrected chi connectivity index (χ2v) is 7.00. The summed E-state index contributed by atoms with van der Waals surface area (Å²) in [6.45, 7) is 4.39. The van der Waals surface area contributed by atoms with E-state index in [1.54, 1.807) is 25.7 Å². The molecule has 0 saturated heterocycles. The minimum absolute atomic E-state index is 0.400. The zero-order valence-electron chi connectivity index (χ0n) is 13.6. The summed E-state index contributed by atoms with van der Waals surface area (Å²) in [6, 6.07) is 0. The molecule has 6 nitrogen and oxygen atoms in total. The molecule has 0 aromatic carbocycles. The molecule has 0 aliphatic rings. The Hall–Kier alpha value is -1.47. The first-order valence-corrected chi connectivity index (χ1v) is 8.96. The topological polar surface area (TPSA) is 72.7 Å². The third-order valence-corrected chi connectivity index (χ3v) is 4.72. The predicted molar refractivity (Wildman–Crippen MR) is 95.5 cm³/mol. The number of allylic oxidation sites excluding steroid dienone is 2. The molecule has 0 aliphatic heterocycles. The molecule has 0 bridgehead atoms. The standard InChI is InChI=1S/C15H21ClN4O2S/c1-4-5-6-9-23-15-17-12-11(20(15)8-7-10(2)16)13(21)18-14(22)19(12)3/h7H,4-6,8-9H2,1-3H3,(H,18,21,22)/b10-7+. The summed E-state index contributed by atoms with van der Waals surface area (Å²) in [6.07, 6.45) is 5.22. The lowest BCUT2D eigenvalue weighted by molar-refractivity contribution is 0.737. The van der Waals surface area contributed by atoms with Gasteiger partial charge in [-0.2, -0.15) is 0 Å². The molecular weight excluding hydrogens is 336 g/mol. The quantitative estimate of drug-likeness (QED) is 0.611. The summed E-state index contributed by atoms with van der Waals surface area (Å²) in [5, 5.41) is 1.38. The Balaban J connectivity index is 2.51. The largest absolute Gasteiger partial charge is 0.329 e. The Kier molecular flexibility index (Phi) is 6.12. The van der Waals surface area contributed by atoms with Crippen molar-refractivity contribution in [2.45, 2.75) is 44.8 Å². The van der Waals surface area contributed by atoms with Crippen LogP contribution < -0.4 is 11.2 Å². The van der Waals surface area contributed by atoms with E-state index in [1.807, 2.05) is 10.6 Å². The molecule has 2 aromatic heterocycles. The number of hydrogen-bond donors (Lipinski definition) is 1. The van der Waals surface area contributed by atoms with Gasteiger partial charge >= 0.3 is 5.69 Å². The van der Waals surface area contributed by atoms with Gasteiger partial charge in [0.05, 0.1) is 0 Å². The van der Waals surface area contributed by atoms with Crippen LogP contribution in [-0.4, -0.2) is 24.9 Å². The van der Waals surface area contributed by atoms with E-state index in [-0.39, 0.29) is 0 Å². The van der Waals surface area contributed by atoms with Gasteiger partial charge < -0.3 is 4.57 Å². The van der Waals surface area contributed by atoms with Crippen LogP contribution in [0.4, 0.5) is 0 Å². The Morgan fingerprint density at radius 1 is 1.39 bits per heavy atom. The highest BCUT2D eigenvalue weighted by molar-refractivity contribution is 7.99. The van der Waals surface area contributed by atoms with Crippen molar-refractivity contribution < 1.29 is 0 Å². The number of hydrogen-bond acceptors (Lipinski definition) is 4. The van der Waals surface area contributed by atoms with Crippen LogP contribution in [0.25, 0.3) is 11.2 Å². The normalized spacial score (nSPS) is 12.3. The summed E-state index contributed by atoms with van der Waals surface area (Å²) in [5.74, 6) is 0.923. The molecule has 0 spiro atoms. The van der Waals surface area contributed by atoms with Crippen molar-refractivity contribution in [3.63, 3.8) is 0 Å². The molecule has 2 rings (SSSR count). The Morgan fingerprint density at radius 2 is 2.13 bits per heavy atom. The number of imidazole rings is 1. The first-order chi connectivity index (χ1) is 11.0. The molecule has 2 heterocycles. The zero-order chi connectivity index (χ0) is 17.0. The molecule has 0 atom stereocenters. The van der Waals surface area contributed by atoms with E-state index < -0.39 is 11.2 Å². The maximum absolute atomic E-state index is 12.2. The molecule has 126 valence electrons. The van der Waals surface area contributed by atoms with Gasteiger partial charge in [0.1, 0.15) is 0 Å². The Labute approximate surface area is 143 Å². The molecule has 0 amide bonds. The van der Waals surface area contributed by atoms with Crippen LogP contribution in [0.5, 0.6) is 0 Å². The summed E-state index contributed by atoms with van der Waals surface area (Å²) in [4.78, 5) is 30.8. The molecule has 0 unspecified atom stereocenters. The smallest absolute Gasteiger partial charge is 0.309 e. The van der Waals surface area contributed by atoms with Gasteiger partial charge in [0.15, 0.2) is 16.3 Å². The number of fused-ring (bicyclic) bond motifs is 1. The Morgan fingerprint density at radius 3 is 2.78 bits per heavy atom. The highest BCUT2D eigenvalue weighted by atomic mass is 35.5. The van der Waals surface area contributed by atoms with E-state index in [0.717, 1.165) is 30.2 Å². The first-order valence-electron chi connectivity index (χ1n) is 7.60. The van der Waals surface area contributed by atoms with Gasteiger partial charge in [-0.25, -0.2) is 9.78 Å². The van der Waals surface area contributed by atoms with Gasteiger partial charge in [0.2, 0.25) is 0 Å². The molecule has 0 aliphatic carbocycles. The van der Waals surface area contributed by atoms with E-state index in [1.165, 1.54) is 4.57 Å². The number of unbranched alkanes of at least 4 members (excludes halogenated alkanes) is 2. The number of halogens is 1. The van der Waals surface area contributed by atoms with E-state index >= 15 is 0 Å². The minimum atomic E-state index is -0.459. The molecule has 0 radical (unpaired) electrons. The lowest BCUT2D eigenvalue weighted by Gasteiger charge is -2.05. The second kappa shape index (κ2) is 7.88. The number of H-pyrrole nitrogens is 1. The number of rotatable bonds is 7. The molecular formula is C15H21ClN4O2S. The summed E-state index contributed by atoms with van der Waals surface area (Å²) >= 11 is 7.52. The van der Waals surface area contributed by atoms with Crippen molar-refractivity contribution in [3.05, 3.63) is 31.9 Å². The molecule has 8 heteroatoms. The molecule has 0 saturated carbocycles. The van der Waals surface area contributed by atoms with Crippen LogP contribution in [-0.2, 0) is 13.6 Å². The zero-order valence-corrected chi connectivity index (χ0v) is 15.1. The van der Waals surface area contributed by atoms with Crippen LogP contribution >= 0.6 is 23.4 Å². The number of aromatic amines is 1. The third-order valence-electron chi connectivity index (χ3n) is 3.51. The maximum atomic E-state index is 12.2. The van der Waals surface area contributed by atoms with E-state index in [9.17, 15) is 9.59 Å². The second-order valence-electron chi connectivity index (χ2n) is 5.34. The average Bonchev–Trinajstić information content (AvgIpc) is 2.86. The molecule has 23 heavy (non-hydrogen) atoms. The van der Waals surface area contributed by atoms with Crippen molar-refractivity contribution in [2.75, 3.05) is 5.75 Å². The molecule has 0 fully saturated rings. The maximum Gasteiger partial charge on any atom is 0.329 e. The van der Waals surface area contributed by atoms with Gasteiger partial charge in [-0.15, -0.1) is 0 Å². The van der Waals surface area contributed by atoms with E-state index in [4.69, 9.17) is 11.6 Å². The fourth-order valence-electron chi connectivity index (χ4n) is 2.23. The first kappa shape index (κ1) is 17.9. The van der Waals surface area contributed by atoms with Crippen LogP contribution in [0.1, 0.15) is 33.1 Å². The number of nitrogens with zero attached hydrogens (tertiary/aromatic N) is 3. The van der Waals surface area contributed by atoms with Crippen molar-refractivity contribution >= 4 is 34.5 Å². The minimum Gasteiger partial charge on any atom is -0.309 e. The number of nitrogens with one attached hydrogen (secondary N) is 1. The fourth-order valence-corrected chi connectivity index (χ4v) is 3.30. The van der Waals surface area contributed by atoms with E-state index in [0.29, 0.717) is 22.7 Å². The fraction of sp³-hybridized carbons (Fsp3) is 0.533.